The molecule has 188 valence electrons. The summed E-state index contributed by atoms with van der Waals surface area (Å²) in [7, 11) is -2.51. The van der Waals surface area contributed by atoms with E-state index < -0.39 is 60.6 Å². The largest absolute Gasteiger partial charge is 0.463 e. The van der Waals surface area contributed by atoms with Crippen molar-refractivity contribution in [1.29, 1.82) is 5.41 Å². The lowest BCUT2D eigenvalue weighted by atomic mass is 9.97. The molecule has 1 fully saturated rings. The minimum atomic E-state index is -2.51. The Labute approximate surface area is 208 Å². The highest BCUT2D eigenvalue weighted by molar-refractivity contribution is 6.76. The van der Waals surface area contributed by atoms with Crippen LogP contribution in [0.25, 0.3) is 10.4 Å². The third-order valence-electron chi connectivity index (χ3n) is 5.28. The highest BCUT2D eigenvalue weighted by Crippen LogP contribution is 2.41. The van der Waals surface area contributed by atoms with Crippen LogP contribution in [0.1, 0.15) is 34.6 Å². The Morgan fingerprint density at radius 1 is 1.12 bits per heavy atom. The monoisotopic (exact) mass is 546 g/mol. The molecule has 1 rings (SSSR count). The number of esters is 2. The lowest BCUT2D eigenvalue weighted by molar-refractivity contribution is -0.247. The Morgan fingerprint density at radius 2 is 1.70 bits per heavy atom. The fraction of sp³-hybridized carbons (Fsp3) is 0.833. The van der Waals surface area contributed by atoms with E-state index in [1.807, 2.05) is 33.9 Å². The average Bonchev–Trinajstić information content (AvgIpc) is 2.62. The van der Waals surface area contributed by atoms with E-state index in [1.165, 1.54) is 13.8 Å². The second-order valence-corrected chi connectivity index (χ2v) is 15.9. The Bertz CT molecular complexity index is 797. The van der Waals surface area contributed by atoms with Crippen molar-refractivity contribution in [3.05, 3.63) is 10.4 Å². The zero-order valence-corrected chi connectivity index (χ0v) is 22.7. The van der Waals surface area contributed by atoms with E-state index in [2.05, 4.69) is 10.0 Å². The predicted molar refractivity (Wildman–Crippen MR) is 125 cm³/mol. The second kappa shape index (κ2) is 11.4. The third-order valence-corrected chi connectivity index (χ3v) is 10.3. The van der Waals surface area contributed by atoms with Crippen LogP contribution >= 0.6 is 34.8 Å². The van der Waals surface area contributed by atoms with E-state index in [1.54, 1.807) is 0 Å². The van der Waals surface area contributed by atoms with Crippen LogP contribution < -0.4 is 0 Å². The molecule has 1 heterocycles. The van der Waals surface area contributed by atoms with Crippen LogP contribution in [0.5, 0.6) is 0 Å². The molecular formula is C18H29Cl3N4O7Si. The number of alkyl halides is 3. The van der Waals surface area contributed by atoms with Crippen LogP contribution in [0.2, 0.25) is 18.1 Å². The van der Waals surface area contributed by atoms with Crippen LogP contribution in [-0.2, 0) is 33.0 Å². The van der Waals surface area contributed by atoms with E-state index >= 15 is 0 Å². The van der Waals surface area contributed by atoms with Gasteiger partial charge in [-0.3, -0.25) is 15.0 Å². The molecule has 0 radical (unpaired) electrons. The van der Waals surface area contributed by atoms with Gasteiger partial charge in [-0.1, -0.05) is 60.7 Å². The zero-order chi connectivity index (χ0) is 25.8. The van der Waals surface area contributed by atoms with Crippen LogP contribution in [0.4, 0.5) is 0 Å². The molecule has 0 bridgehead atoms. The van der Waals surface area contributed by atoms with Gasteiger partial charge in [0, 0.05) is 18.8 Å². The number of hydrogen-bond acceptors (Lipinski definition) is 9. The maximum Gasteiger partial charge on any atom is 0.303 e. The summed E-state index contributed by atoms with van der Waals surface area (Å²) < 4.78 is 26.1. The van der Waals surface area contributed by atoms with E-state index in [4.69, 9.17) is 69.1 Å². The van der Waals surface area contributed by atoms with Crippen molar-refractivity contribution in [1.82, 2.24) is 0 Å². The molecule has 0 unspecified atom stereocenters. The van der Waals surface area contributed by atoms with E-state index in [9.17, 15) is 9.59 Å². The normalized spacial score (nSPS) is 26.1. The van der Waals surface area contributed by atoms with Gasteiger partial charge in [0.05, 0.1) is 0 Å². The summed E-state index contributed by atoms with van der Waals surface area (Å²) in [5, 5.41) is 11.3. The first-order chi connectivity index (χ1) is 14.9. The van der Waals surface area contributed by atoms with Gasteiger partial charge in [-0.25, -0.2) is 0 Å². The molecule has 0 aliphatic carbocycles. The summed E-state index contributed by atoms with van der Waals surface area (Å²) >= 11 is 17.1. The van der Waals surface area contributed by atoms with Gasteiger partial charge < -0.3 is 23.4 Å². The Balaban J connectivity index is 3.52. The predicted octanol–water partition coefficient (Wildman–Crippen LogP) is 4.64. The first kappa shape index (κ1) is 29.8. The summed E-state index contributed by atoms with van der Waals surface area (Å²) in [5.74, 6) is -2.09. The van der Waals surface area contributed by atoms with Crippen molar-refractivity contribution >= 4 is 61.0 Å². The number of carbonyl (C=O) groups excluding carboxylic acids is 2. The standard InChI is InChI=1S/C18H29Cl3N4O7Si/c1-9(26)28-8-11-13(32-33(6,7)17(3,4)5)14(29-10(2)27)12(24-25-23)15(30-11)31-16(22)18(19,20)21/h11-15,22H,8H2,1-7H3/t11-,12-,13-,14-,15-/m1/s1. The topological polar surface area (TPSA) is 153 Å². The van der Waals surface area contributed by atoms with Crippen molar-refractivity contribution in [2.45, 2.75) is 87.2 Å². The average molecular weight is 548 g/mol. The molecule has 5 atom stereocenters. The molecule has 11 nitrogen and oxygen atoms in total. The molecule has 0 spiro atoms. The van der Waals surface area contributed by atoms with Crippen LogP contribution in [0.15, 0.2) is 5.11 Å². The van der Waals surface area contributed by atoms with Gasteiger partial charge in [0.2, 0.25) is 12.2 Å². The highest BCUT2D eigenvalue weighted by atomic mass is 35.6. The van der Waals surface area contributed by atoms with Gasteiger partial charge in [0.1, 0.15) is 31.0 Å². The number of hydrogen-bond donors (Lipinski definition) is 1. The lowest BCUT2D eigenvalue weighted by Crippen LogP contribution is -2.64. The van der Waals surface area contributed by atoms with Crippen LogP contribution in [0, 0.1) is 5.41 Å². The number of carbonyl (C=O) groups is 2. The quantitative estimate of drug-likeness (QED) is 0.0712. The van der Waals surface area contributed by atoms with Gasteiger partial charge in [-0.15, -0.1) is 0 Å². The molecule has 15 heteroatoms. The van der Waals surface area contributed by atoms with Crippen LogP contribution in [0.3, 0.4) is 0 Å². The molecule has 1 saturated heterocycles. The molecule has 33 heavy (non-hydrogen) atoms. The number of rotatable bonds is 7. The Kier molecular flexibility index (Phi) is 10.3. The van der Waals surface area contributed by atoms with Gasteiger partial charge >= 0.3 is 11.9 Å². The first-order valence-corrected chi connectivity index (χ1v) is 14.0. The fourth-order valence-electron chi connectivity index (χ4n) is 2.67. The van der Waals surface area contributed by atoms with E-state index in [0.717, 1.165) is 0 Å². The molecule has 0 aromatic heterocycles. The minimum Gasteiger partial charge on any atom is -0.463 e. The molecule has 0 saturated carbocycles. The lowest BCUT2D eigenvalue weighted by Gasteiger charge is -2.48. The third kappa shape index (κ3) is 8.47. The zero-order valence-electron chi connectivity index (χ0n) is 19.4. The van der Waals surface area contributed by atoms with Crippen molar-refractivity contribution in [3.8, 4) is 0 Å². The number of halogens is 3. The molecule has 1 aliphatic heterocycles. The molecule has 0 aromatic rings. The van der Waals surface area contributed by atoms with E-state index in [-0.39, 0.29) is 11.6 Å². The second-order valence-electron chi connectivity index (χ2n) is 8.90. The SMILES string of the molecule is CC(=O)OC[C@H]1O[C@H](OC(=N)C(Cl)(Cl)Cl)[C@H](N=[N+]=[N-])[C@@H](OC(C)=O)[C@@H]1O[Si](C)(C)C(C)(C)C. The summed E-state index contributed by atoms with van der Waals surface area (Å²) in [6.07, 6.45) is -4.74. The molecule has 0 amide bonds. The molecule has 0 aromatic carbocycles. The highest BCUT2D eigenvalue weighted by Gasteiger charge is 2.54. The van der Waals surface area contributed by atoms with Crippen molar-refractivity contribution in [2.24, 2.45) is 5.11 Å². The Morgan fingerprint density at radius 3 is 2.12 bits per heavy atom. The van der Waals surface area contributed by atoms with Gasteiger partial charge in [0.15, 0.2) is 8.32 Å². The molecule has 1 N–H and O–H groups in total. The first-order valence-electron chi connectivity index (χ1n) is 9.91. The summed E-state index contributed by atoms with van der Waals surface area (Å²) in [4.78, 5) is 26.2. The fourth-order valence-corrected chi connectivity index (χ4v) is 4.13. The van der Waals surface area contributed by atoms with E-state index in [0.29, 0.717) is 0 Å². The van der Waals surface area contributed by atoms with Gasteiger partial charge in [-0.05, 0) is 23.7 Å². The van der Waals surface area contributed by atoms with Crippen molar-refractivity contribution < 1.29 is 33.0 Å². The minimum absolute atomic E-state index is 0.251. The number of nitrogens with zero attached hydrogens (tertiary/aromatic N) is 3. The summed E-state index contributed by atoms with van der Waals surface area (Å²) in [6, 6.07) is -1.31. The maximum absolute atomic E-state index is 12.0. The summed E-state index contributed by atoms with van der Waals surface area (Å²) in [5.41, 5.74) is 9.15. The molecule has 1 aliphatic rings. The van der Waals surface area contributed by atoms with Crippen LogP contribution in [-0.4, -0.2) is 67.2 Å². The number of ether oxygens (including phenoxy) is 4. The smallest absolute Gasteiger partial charge is 0.303 e. The Hall–Kier alpha value is -1.27. The van der Waals surface area contributed by atoms with Gasteiger partial charge in [0.25, 0.3) is 3.79 Å². The number of nitrogens with one attached hydrogen (secondary N) is 1. The number of azide groups is 1. The molecular weight excluding hydrogens is 519 g/mol. The summed E-state index contributed by atoms with van der Waals surface area (Å²) in [6.45, 7) is 12.0. The maximum atomic E-state index is 12.0. The van der Waals surface area contributed by atoms with Gasteiger partial charge in [-0.2, -0.15) is 0 Å². The van der Waals surface area contributed by atoms with Crippen molar-refractivity contribution in [3.63, 3.8) is 0 Å². The van der Waals surface area contributed by atoms with Crippen molar-refractivity contribution in [2.75, 3.05) is 6.61 Å².